The first-order valence-electron chi connectivity index (χ1n) is 6.91. The molecule has 0 unspecified atom stereocenters. The summed E-state index contributed by atoms with van der Waals surface area (Å²) in [6, 6.07) is 12.2. The summed E-state index contributed by atoms with van der Waals surface area (Å²) in [5, 5.41) is 4.47. The maximum Gasteiger partial charge on any atom is 0.159 e. The maximum atomic E-state index is 4.53. The summed E-state index contributed by atoms with van der Waals surface area (Å²) in [5.74, 6) is 3.14. The van der Waals surface area contributed by atoms with Gasteiger partial charge in [0, 0.05) is 18.2 Å². The molecular formula is C16H17N5. The van der Waals surface area contributed by atoms with E-state index in [1.54, 1.807) is 0 Å². The maximum absolute atomic E-state index is 4.53. The fraction of sp³-hybridized carbons (Fsp3) is 0.250. The van der Waals surface area contributed by atoms with E-state index in [1.807, 2.05) is 49.7 Å². The summed E-state index contributed by atoms with van der Waals surface area (Å²) in [4.78, 5) is 13.3. The largest absolute Gasteiger partial charge is 0.238 e. The highest BCUT2D eigenvalue weighted by atomic mass is 15.4. The topological polar surface area (TPSA) is 56.5 Å². The molecule has 5 heteroatoms. The van der Waals surface area contributed by atoms with Crippen molar-refractivity contribution in [3.8, 4) is 5.82 Å². The van der Waals surface area contributed by atoms with Crippen molar-refractivity contribution < 1.29 is 0 Å². The monoisotopic (exact) mass is 279 g/mol. The number of rotatable bonds is 3. The summed E-state index contributed by atoms with van der Waals surface area (Å²) in [5.41, 5.74) is 2.13. The molecule has 21 heavy (non-hydrogen) atoms. The van der Waals surface area contributed by atoms with Gasteiger partial charge < -0.3 is 0 Å². The van der Waals surface area contributed by atoms with E-state index in [1.165, 1.54) is 5.56 Å². The average Bonchev–Trinajstić information content (AvgIpc) is 2.80. The molecule has 3 aromatic rings. The number of aromatic nitrogens is 5. The van der Waals surface area contributed by atoms with Gasteiger partial charge in [0.15, 0.2) is 5.82 Å². The van der Waals surface area contributed by atoms with Crippen LogP contribution in [0.15, 0.2) is 36.4 Å². The van der Waals surface area contributed by atoms with Crippen LogP contribution in [0.1, 0.15) is 28.7 Å². The Morgan fingerprint density at radius 1 is 0.905 bits per heavy atom. The average molecular weight is 279 g/mol. The molecule has 0 spiro atoms. The van der Waals surface area contributed by atoms with Crippen LogP contribution >= 0.6 is 0 Å². The van der Waals surface area contributed by atoms with Gasteiger partial charge in [-0.25, -0.2) is 15.0 Å². The van der Waals surface area contributed by atoms with Crippen LogP contribution in [0.2, 0.25) is 0 Å². The van der Waals surface area contributed by atoms with Crippen LogP contribution in [0, 0.1) is 20.8 Å². The lowest BCUT2D eigenvalue weighted by Gasteiger charge is -2.07. The van der Waals surface area contributed by atoms with Crippen molar-refractivity contribution in [3.05, 3.63) is 65.1 Å². The second kappa shape index (κ2) is 5.44. The fourth-order valence-corrected chi connectivity index (χ4v) is 2.34. The van der Waals surface area contributed by atoms with Crippen molar-refractivity contribution in [1.29, 1.82) is 0 Å². The Labute approximate surface area is 123 Å². The van der Waals surface area contributed by atoms with Crippen molar-refractivity contribution in [1.82, 2.24) is 24.7 Å². The summed E-state index contributed by atoms with van der Waals surface area (Å²) in [7, 11) is 0. The third-order valence-corrected chi connectivity index (χ3v) is 3.15. The third-order valence-electron chi connectivity index (χ3n) is 3.15. The van der Waals surface area contributed by atoms with E-state index in [2.05, 4.69) is 32.2 Å². The van der Waals surface area contributed by atoms with Crippen LogP contribution in [0.3, 0.4) is 0 Å². The van der Waals surface area contributed by atoms with Gasteiger partial charge in [0.05, 0.1) is 0 Å². The molecule has 1 aromatic carbocycles. The Morgan fingerprint density at radius 3 is 2.38 bits per heavy atom. The van der Waals surface area contributed by atoms with Crippen molar-refractivity contribution in [2.24, 2.45) is 0 Å². The van der Waals surface area contributed by atoms with E-state index in [4.69, 9.17) is 0 Å². The number of nitrogens with zero attached hydrogens (tertiary/aromatic N) is 5. The molecule has 5 nitrogen and oxygen atoms in total. The van der Waals surface area contributed by atoms with E-state index in [0.717, 1.165) is 35.4 Å². The number of hydrogen-bond acceptors (Lipinski definition) is 4. The van der Waals surface area contributed by atoms with Gasteiger partial charge in [0.1, 0.15) is 17.5 Å². The predicted molar refractivity (Wildman–Crippen MR) is 80.4 cm³/mol. The zero-order valence-corrected chi connectivity index (χ0v) is 12.4. The van der Waals surface area contributed by atoms with Crippen LogP contribution in [0.4, 0.5) is 0 Å². The Balaban J connectivity index is 2.03. The second-order valence-electron chi connectivity index (χ2n) is 5.06. The van der Waals surface area contributed by atoms with Crippen molar-refractivity contribution in [3.63, 3.8) is 0 Å². The quantitative estimate of drug-likeness (QED) is 0.739. The predicted octanol–water partition coefficient (Wildman–Crippen LogP) is 2.57. The van der Waals surface area contributed by atoms with E-state index < -0.39 is 0 Å². The van der Waals surface area contributed by atoms with Gasteiger partial charge in [0.2, 0.25) is 0 Å². The second-order valence-corrected chi connectivity index (χ2v) is 5.06. The smallest absolute Gasteiger partial charge is 0.159 e. The fourth-order valence-electron chi connectivity index (χ4n) is 2.34. The van der Waals surface area contributed by atoms with Gasteiger partial charge in [-0.05, 0) is 26.3 Å². The Bertz CT molecular complexity index is 741. The van der Waals surface area contributed by atoms with E-state index in [-0.39, 0.29) is 0 Å². The highest BCUT2D eigenvalue weighted by molar-refractivity contribution is 5.27. The zero-order valence-electron chi connectivity index (χ0n) is 12.4. The number of aryl methyl sites for hydroxylation is 3. The lowest BCUT2D eigenvalue weighted by atomic mass is 10.1. The highest BCUT2D eigenvalue weighted by Crippen LogP contribution is 2.13. The molecule has 0 N–H and O–H groups in total. The first-order valence-corrected chi connectivity index (χ1v) is 6.91. The first-order chi connectivity index (χ1) is 10.1. The molecule has 0 saturated heterocycles. The Kier molecular flexibility index (Phi) is 3.48. The molecule has 0 radical (unpaired) electrons. The van der Waals surface area contributed by atoms with Crippen LogP contribution in [-0.4, -0.2) is 24.7 Å². The lowest BCUT2D eigenvalue weighted by molar-refractivity contribution is 0.769. The summed E-state index contributed by atoms with van der Waals surface area (Å²) in [6.07, 6.45) is 0.726. The molecule has 0 bridgehead atoms. The number of benzene rings is 1. The molecule has 0 amide bonds. The van der Waals surface area contributed by atoms with Crippen LogP contribution in [-0.2, 0) is 6.42 Å². The van der Waals surface area contributed by atoms with Crippen LogP contribution < -0.4 is 0 Å². The van der Waals surface area contributed by atoms with Gasteiger partial charge in [-0.2, -0.15) is 4.68 Å². The van der Waals surface area contributed by atoms with Crippen molar-refractivity contribution in [2.45, 2.75) is 27.2 Å². The summed E-state index contributed by atoms with van der Waals surface area (Å²) in [6.45, 7) is 5.74. The SMILES string of the molecule is Cc1cc(-n2nc(C)nc2Cc2ccccc2)nc(C)n1. The molecule has 0 aliphatic carbocycles. The minimum Gasteiger partial charge on any atom is -0.238 e. The molecular weight excluding hydrogens is 262 g/mol. The summed E-state index contributed by atoms with van der Waals surface area (Å²) >= 11 is 0. The van der Waals surface area contributed by atoms with Crippen molar-refractivity contribution >= 4 is 0 Å². The van der Waals surface area contributed by atoms with Gasteiger partial charge in [-0.15, -0.1) is 5.10 Å². The molecule has 2 heterocycles. The van der Waals surface area contributed by atoms with Crippen molar-refractivity contribution in [2.75, 3.05) is 0 Å². The zero-order chi connectivity index (χ0) is 14.8. The minimum atomic E-state index is 0.726. The molecule has 0 saturated carbocycles. The standard InChI is InChI=1S/C16H17N5/c1-11-9-15(18-12(2)17-11)21-16(19-13(3)20-21)10-14-7-5-4-6-8-14/h4-9H,10H2,1-3H3. The van der Waals surface area contributed by atoms with E-state index in [9.17, 15) is 0 Å². The van der Waals surface area contributed by atoms with Gasteiger partial charge in [0.25, 0.3) is 0 Å². The molecule has 2 aromatic heterocycles. The van der Waals surface area contributed by atoms with E-state index in [0.29, 0.717) is 0 Å². The normalized spacial score (nSPS) is 10.8. The van der Waals surface area contributed by atoms with Crippen LogP contribution in [0.5, 0.6) is 0 Å². The molecule has 3 rings (SSSR count). The number of hydrogen-bond donors (Lipinski definition) is 0. The highest BCUT2D eigenvalue weighted by Gasteiger charge is 2.12. The Morgan fingerprint density at radius 2 is 1.67 bits per heavy atom. The lowest BCUT2D eigenvalue weighted by Crippen LogP contribution is -2.08. The summed E-state index contributed by atoms with van der Waals surface area (Å²) < 4.78 is 1.81. The van der Waals surface area contributed by atoms with E-state index >= 15 is 0 Å². The Hall–Kier alpha value is -2.56. The molecule has 0 atom stereocenters. The third kappa shape index (κ3) is 2.97. The molecule has 0 aliphatic heterocycles. The molecule has 106 valence electrons. The van der Waals surface area contributed by atoms with Gasteiger partial charge >= 0.3 is 0 Å². The molecule has 0 aliphatic rings. The van der Waals surface area contributed by atoms with Crippen LogP contribution in [0.25, 0.3) is 5.82 Å². The molecule has 0 fully saturated rings. The minimum absolute atomic E-state index is 0.726. The first kappa shape index (κ1) is 13.4. The van der Waals surface area contributed by atoms with Gasteiger partial charge in [-0.3, -0.25) is 0 Å². The van der Waals surface area contributed by atoms with Gasteiger partial charge in [-0.1, -0.05) is 30.3 Å².